The van der Waals surface area contributed by atoms with Crippen molar-refractivity contribution < 1.29 is 8.78 Å². The smallest absolute Gasteiger partial charge is 0.274 e. The van der Waals surface area contributed by atoms with Gasteiger partial charge in [-0.25, -0.2) is 0 Å². The van der Waals surface area contributed by atoms with Crippen LogP contribution in [0.4, 0.5) is 8.78 Å². The molecule has 0 saturated heterocycles. The van der Waals surface area contributed by atoms with E-state index < -0.39 is 20.2 Å². The average Bonchev–Trinajstić information content (AvgIpc) is 3.15. The molecule has 0 spiro atoms. The Kier molecular flexibility index (Phi) is 9.21. The normalized spacial score (nSPS) is 21.7. The Hall–Kier alpha value is -3.56. The topological polar surface area (TPSA) is 50.5 Å². The van der Waals surface area contributed by atoms with E-state index in [1.807, 2.05) is 73.8 Å². The fourth-order valence-electron chi connectivity index (χ4n) is 6.33. The van der Waals surface area contributed by atoms with Gasteiger partial charge in [0.15, 0.2) is 0 Å². The van der Waals surface area contributed by atoms with Crippen molar-refractivity contribution in [3.63, 3.8) is 0 Å². The number of benzene rings is 4. The number of fused-ring (bicyclic) bond motifs is 4. The minimum Gasteiger partial charge on any atom is -0.274 e. The van der Waals surface area contributed by atoms with E-state index in [-0.39, 0.29) is 11.4 Å². The van der Waals surface area contributed by atoms with Crippen LogP contribution in [0.2, 0.25) is 0 Å². The highest BCUT2D eigenvalue weighted by Crippen LogP contribution is 2.54. The number of rotatable bonds is 4. The summed E-state index contributed by atoms with van der Waals surface area (Å²) in [6.07, 6.45) is 3.57. The number of hydrogen-bond acceptors (Lipinski definition) is 4. The molecule has 0 saturated carbocycles. The average molecular weight is 835 g/mol. The molecular weight excluding hydrogens is 805 g/mol. The summed E-state index contributed by atoms with van der Waals surface area (Å²) in [7, 11) is 0. The highest BCUT2D eigenvalue weighted by atomic mass is 79.9. The molecular formula is C40H30Br2Cl2F2N4. The second-order valence-corrected chi connectivity index (χ2v) is 16.8. The maximum absolute atomic E-state index is 15.0. The number of alkyl halides is 6. The molecule has 2 unspecified atom stereocenters. The van der Waals surface area contributed by atoms with Gasteiger partial charge in [-0.3, -0.25) is 20.0 Å². The van der Waals surface area contributed by atoms with Crippen molar-refractivity contribution >= 4 is 88.3 Å². The largest absolute Gasteiger partial charge is 0.299 e. The molecule has 10 heteroatoms. The van der Waals surface area contributed by atoms with Crippen molar-refractivity contribution in [2.45, 2.75) is 34.1 Å². The van der Waals surface area contributed by atoms with E-state index in [0.29, 0.717) is 22.7 Å². The summed E-state index contributed by atoms with van der Waals surface area (Å²) in [4.78, 5) is 18.5. The fraction of sp³-hybridized carbons (Fsp3) is 0.200. The summed E-state index contributed by atoms with van der Waals surface area (Å²) >= 11 is 19.9. The van der Waals surface area contributed by atoms with E-state index in [4.69, 9.17) is 28.2 Å². The first kappa shape index (κ1) is 34.9. The first-order valence-corrected chi connectivity index (χ1v) is 18.6. The molecule has 0 bridgehead atoms. The molecule has 0 fully saturated rings. The molecule has 2 aliphatic rings. The van der Waals surface area contributed by atoms with Crippen LogP contribution < -0.4 is 0 Å². The summed E-state index contributed by atoms with van der Waals surface area (Å²) in [5.41, 5.74) is 5.29. The van der Waals surface area contributed by atoms with Crippen LogP contribution in [-0.2, 0) is 9.16 Å². The van der Waals surface area contributed by atoms with Gasteiger partial charge in [-0.15, -0.1) is 23.2 Å². The molecule has 2 atom stereocenters. The molecule has 2 aliphatic heterocycles. The lowest BCUT2D eigenvalue weighted by atomic mass is 9.81. The van der Waals surface area contributed by atoms with E-state index in [1.165, 1.54) is 13.0 Å². The molecule has 50 heavy (non-hydrogen) atoms. The Morgan fingerprint density at radius 1 is 0.580 bits per heavy atom. The Labute approximate surface area is 316 Å². The summed E-state index contributed by atoms with van der Waals surface area (Å²) in [5.74, 6) is -3.04. The molecule has 8 rings (SSSR count). The van der Waals surface area contributed by atoms with Crippen molar-refractivity contribution in [1.82, 2.24) is 9.97 Å². The van der Waals surface area contributed by atoms with Crippen LogP contribution in [0.25, 0.3) is 21.8 Å². The minimum absolute atomic E-state index is 0.0451. The first-order valence-electron chi connectivity index (χ1n) is 15.9. The van der Waals surface area contributed by atoms with Gasteiger partial charge in [-0.05, 0) is 43.7 Å². The number of halogens is 6. The summed E-state index contributed by atoms with van der Waals surface area (Å²) in [6, 6.07) is 34.6. The van der Waals surface area contributed by atoms with Gasteiger partial charge in [0.2, 0.25) is 0 Å². The number of para-hydroxylation sites is 2. The van der Waals surface area contributed by atoms with Gasteiger partial charge in [0.05, 0.1) is 28.3 Å². The molecule has 6 aromatic rings. The lowest BCUT2D eigenvalue weighted by Gasteiger charge is -2.42. The third kappa shape index (κ3) is 5.78. The van der Waals surface area contributed by atoms with Crippen LogP contribution in [0.1, 0.15) is 47.2 Å². The zero-order chi connectivity index (χ0) is 35.3. The van der Waals surface area contributed by atoms with Gasteiger partial charge < -0.3 is 0 Å². The fourth-order valence-corrected chi connectivity index (χ4v) is 8.29. The van der Waals surface area contributed by atoms with Gasteiger partial charge in [0, 0.05) is 56.9 Å². The Balaban J connectivity index is 0.000000157. The third-order valence-corrected chi connectivity index (χ3v) is 13.0. The van der Waals surface area contributed by atoms with Crippen LogP contribution in [-0.4, -0.2) is 44.2 Å². The molecule has 0 amide bonds. The number of hydrogen-bond donors (Lipinski definition) is 0. The van der Waals surface area contributed by atoms with Crippen molar-refractivity contribution in [2.75, 3.05) is 11.8 Å². The lowest BCUT2D eigenvalue weighted by molar-refractivity contribution is -0.0666. The highest BCUT2D eigenvalue weighted by Gasteiger charge is 2.55. The molecule has 0 aliphatic carbocycles. The van der Waals surface area contributed by atoms with Crippen LogP contribution >= 0.6 is 55.1 Å². The predicted octanol–water partition coefficient (Wildman–Crippen LogP) is 11.2. The van der Waals surface area contributed by atoms with E-state index in [2.05, 4.69) is 71.1 Å². The van der Waals surface area contributed by atoms with E-state index in [1.54, 1.807) is 24.4 Å². The quantitative estimate of drug-likeness (QED) is 0.166. The first-order chi connectivity index (χ1) is 23.9. The molecule has 4 heterocycles. The number of pyridine rings is 2. The second kappa shape index (κ2) is 13.2. The third-order valence-electron chi connectivity index (χ3n) is 9.36. The molecule has 0 N–H and O–H groups in total. The van der Waals surface area contributed by atoms with E-state index in [9.17, 15) is 8.78 Å². The predicted molar refractivity (Wildman–Crippen MR) is 209 cm³/mol. The molecule has 2 aromatic heterocycles. The van der Waals surface area contributed by atoms with Crippen molar-refractivity contribution in [3.8, 4) is 0 Å². The van der Waals surface area contributed by atoms with Gasteiger partial charge in [0.1, 0.15) is 14.3 Å². The minimum atomic E-state index is -3.14. The van der Waals surface area contributed by atoms with Crippen LogP contribution in [0, 0.1) is 0 Å². The monoisotopic (exact) mass is 832 g/mol. The lowest BCUT2D eigenvalue weighted by Crippen LogP contribution is -2.48. The molecule has 252 valence electrons. The maximum atomic E-state index is 15.0. The zero-order valence-corrected chi connectivity index (χ0v) is 31.7. The van der Waals surface area contributed by atoms with E-state index >= 15 is 0 Å². The van der Waals surface area contributed by atoms with Crippen LogP contribution in [0.3, 0.4) is 0 Å². The molecule has 0 radical (unpaired) electrons. The number of aromatic nitrogens is 2. The summed E-state index contributed by atoms with van der Waals surface area (Å²) < 4.78 is 29.4. The Morgan fingerprint density at radius 2 is 1.00 bits per heavy atom. The highest BCUT2D eigenvalue weighted by molar-refractivity contribution is 9.24. The van der Waals surface area contributed by atoms with Gasteiger partial charge in [0.25, 0.3) is 5.92 Å². The van der Waals surface area contributed by atoms with Gasteiger partial charge >= 0.3 is 0 Å². The Bertz CT molecular complexity index is 2170. The SMILES string of the molecule is CC1(CCl)N=C(c2cnc3ccccc3c2)c2ccccc2C1(Br)Br.CC1(CCl)N=C(c2cnc3ccccc3c2)c2ccccc2C1(F)F. The molecule has 4 nitrogen and oxygen atoms in total. The van der Waals surface area contributed by atoms with Crippen molar-refractivity contribution in [3.05, 3.63) is 155 Å². The van der Waals surface area contributed by atoms with Gasteiger partial charge in [-0.1, -0.05) is 117 Å². The maximum Gasteiger partial charge on any atom is 0.299 e. The standard InChI is InChI=1S/C20H15Br2ClN2.C20H15ClF2N2/c1-19(12-23)20(21,22)16-8-4-3-7-15(16)18(25-19)14-10-13-6-2-5-9-17(13)24-11-14;1-19(12-21)20(22,23)16-8-4-3-7-15(16)18(25-19)14-10-13-6-2-5-9-17(13)24-11-14/h2*2-11H,12H2,1H3. The van der Waals surface area contributed by atoms with Crippen LogP contribution in [0.5, 0.6) is 0 Å². The zero-order valence-electron chi connectivity index (χ0n) is 27.0. The van der Waals surface area contributed by atoms with Crippen molar-refractivity contribution in [2.24, 2.45) is 9.98 Å². The number of nitrogens with zero attached hydrogens (tertiary/aromatic N) is 4. The summed E-state index contributed by atoms with van der Waals surface area (Å²) in [5, 5.41) is 2.03. The molecule has 4 aromatic carbocycles. The number of aliphatic imine (C=N–C) groups is 2. The Morgan fingerprint density at radius 3 is 1.52 bits per heavy atom. The van der Waals surface area contributed by atoms with Crippen LogP contribution in [0.15, 0.2) is 132 Å². The van der Waals surface area contributed by atoms with Crippen molar-refractivity contribution in [1.29, 1.82) is 0 Å². The van der Waals surface area contributed by atoms with E-state index in [0.717, 1.165) is 44.2 Å². The second-order valence-electron chi connectivity index (χ2n) is 12.8. The summed E-state index contributed by atoms with van der Waals surface area (Å²) in [6.45, 7) is 3.44. The van der Waals surface area contributed by atoms with Gasteiger partial charge in [-0.2, -0.15) is 8.78 Å².